The molecule has 132 valence electrons. The Hall–Kier alpha value is -0.370. The number of carbonyl (C=O) groups is 1. The molecule has 8 heteroatoms. The molecule has 6 nitrogen and oxygen atoms in total. The van der Waals surface area contributed by atoms with E-state index in [2.05, 4.69) is 5.32 Å². The summed E-state index contributed by atoms with van der Waals surface area (Å²) in [6.45, 7) is 6.98. The highest BCUT2D eigenvalue weighted by Gasteiger charge is 2.33. The van der Waals surface area contributed by atoms with Crippen LogP contribution in [0.3, 0.4) is 0 Å². The first-order valence-electron chi connectivity index (χ1n) is 7.84. The zero-order valence-electron chi connectivity index (χ0n) is 13.8. The molecule has 0 aromatic rings. The van der Waals surface area contributed by atoms with Crippen molar-refractivity contribution in [1.82, 2.24) is 9.62 Å². The lowest BCUT2D eigenvalue weighted by molar-refractivity contribution is -0.128. The Morgan fingerprint density at radius 3 is 2.09 bits per heavy atom. The van der Waals surface area contributed by atoms with Crippen molar-refractivity contribution < 1.29 is 13.2 Å². The Balaban J connectivity index is 0.00000441. The van der Waals surface area contributed by atoms with Gasteiger partial charge in [-0.15, -0.1) is 12.4 Å². The number of halogens is 1. The summed E-state index contributed by atoms with van der Waals surface area (Å²) in [5.74, 6) is 0.0151. The van der Waals surface area contributed by atoms with Crippen LogP contribution in [-0.4, -0.2) is 49.6 Å². The average molecular weight is 356 g/mol. The molecule has 0 spiro atoms. The molecular weight excluding hydrogens is 326 g/mol. The van der Waals surface area contributed by atoms with Crippen LogP contribution in [-0.2, 0) is 14.8 Å². The molecule has 1 heterocycles. The third kappa shape index (κ3) is 5.08. The molecule has 0 atom stereocenters. The molecule has 0 radical (unpaired) electrons. The Kier molecular flexibility index (Phi) is 8.90. The van der Waals surface area contributed by atoms with Crippen LogP contribution in [0, 0.1) is 5.92 Å². The van der Waals surface area contributed by atoms with Crippen LogP contribution in [0.4, 0.5) is 0 Å². The van der Waals surface area contributed by atoms with Crippen molar-refractivity contribution in [1.29, 1.82) is 0 Å². The predicted molar refractivity (Wildman–Crippen MR) is 91.5 cm³/mol. The number of piperidine rings is 1. The van der Waals surface area contributed by atoms with Gasteiger partial charge in [0.05, 0.1) is 11.3 Å². The molecule has 1 aliphatic rings. The standard InChI is InChI=1S/C14H29N3O3S.ClH/c1-4-14(5-2,11-15)16-13(18)12-7-9-17(10-8-12)21(19,20)6-3;/h12H,4-11,15H2,1-3H3,(H,16,18);1H. The highest BCUT2D eigenvalue weighted by molar-refractivity contribution is 7.89. The lowest BCUT2D eigenvalue weighted by Crippen LogP contribution is -2.55. The SMILES string of the molecule is CCC(CC)(CN)NC(=O)C1CCN(S(=O)(=O)CC)CC1.Cl. The fraction of sp³-hybridized carbons (Fsp3) is 0.929. The van der Waals surface area contributed by atoms with Crippen LogP contribution in [0.15, 0.2) is 0 Å². The lowest BCUT2D eigenvalue weighted by Gasteiger charge is -2.35. The topological polar surface area (TPSA) is 92.5 Å². The van der Waals surface area contributed by atoms with Gasteiger partial charge in [-0.05, 0) is 32.6 Å². The monoisotopic (exact) mass is 355 g/mol. The smallest absolute Gasteiger partial charge is 0.223 e. The molecule has 22 heavy (non-hydrogen) atoms. The van der Waals surface area contributed by atoms with Crippen LogP contribution in [0.2, 0.25) is 0 Å². The van der Waals surface area contributed by atoms with E-state index >= 15 is 0 Å². The summed E-state index contributed by atoms with van der Waals surface area (Å²) in [7, 11) is -3.14. The minimum atomic E-state index is -3.14. The van der Waals surface area contributed by atoms with E-state index < -0.39 is 10.0 Å². The minimum absolute atomic E-state index is 0. The van der Waals surface area contributed by atoms with Gasteiger partial charge in [0.2, 0.25) is 15.9 Å². The fourth-order valence-electron chi connectivity index (χ4n) is 2.71. The van der Waals surface area contributed by atoms with Gasteiger partial charge in [0.25, 0.3) is 0 Å². The van der Waals surface area contributed by atoms with Crippen LogP contribution >= 0.6 is 12.4 Å². The van der Waals surface area contributed by atoms with Crippen molar-refractivity contribution in [3.63, 3.8) is 0 Å². The van der Waals surface area contributed by atoms with E-state index in [0.717, 1.165) is 12.8 Å². The number of hydrogen-bond acceptors (Lipinski definition) is 4. The zero-order valence-corrected chi connectivity index (χ0v) is 15.4. The quantitative estimate of drug-likeness (QED) is 0.715. The fourth-order valence-corrected chi connectivity index (χ4v) is 3.84. The second kappa shape index (κ2) is 9.05. The predicted octanol–water partition coefficient (Wildman–Crippen LogP) is 1.10. The molecule has 1 rings (SSSR count). The van der Waals surface area contributed by atoms with E-state index in [-0.39, 0.29) is 35.5 Å². The third-order valence-electron chi connectivity index (χ3n) is 4.72. The summed E-state index contributed by atoms with van der Waals surface area (Å²) in [6.07, 6.45) is 2.77. The molecule has 1 amide bonds. The maximum absolute atomic E-state index is 12.4. The molecule has 0 saturated carbocycles. The van der Waals surface area contributed by atoms with Crippen LogP contribution in [0.5, 0.6) is 0 Å². The van der Waals surface area contributed by atoms with Crippen molar-refractivity contribution in [2.45, 2.75) is 52.0 Å². The summed E-state index contributed by atoms with van der Waals surface area (Å²) >= 11 is 0. The maximum atomic E-state index is 12.4. The van der Waals surface area contributed by atoms with E-state index in [1.165, 1.54) is 4.31 Å². The van der Waals surface area contributed by atoms with Gasteiger partial charge in [0.15, 0.2) is 0 Å². The molecule has 0 aromatic heterocycles. The average Bonchev–Trinajstić information content (AvgIpc) is 2.52. The van der Waals surface area contributed by atoms with Crippen LogP contribution in [0.25, 0.3) is 0 Å². The Morgan fingerprint density at radius 2 is 1.73 bits per heavy atom. The molecule has 0 aromatic carbocycles. The van der Waals surface area contributed by atoms with E-state index in [1.54, 1.807) is 6.92 Å². The number of rotatable bonds is 7. The number of nitrogens with zero attached hydrogens (tertiary/aromatic N) is 1. The van der Waals surface area contributed by atoms with Gasteiger partial charge >= 0.3 is 0 Å². The maximum Gasteiger partial charge on any atom is 0.223 e. The van der Waals surface area contributed by atoms with E-state index in [1.807, 2.05) is 13.8 Å². The van der Waals surface area contributed by atoms with Gasteiger partial charge in [-0.2, -0.15) is 0 Å². The Morgan fingerprint density at radius 1 is 1.23 bits per heavy atom. The van der Waals surface area contributed by atoms with Crippen molar-refractivity contribution in [3.05, 3.63) is 0 Å². The van der Waals surface area contributed by atoms with Gasteiger partial charge in [0, 0.05) is 25.6 Å². The van der Waals surface area contributed by atoms with Crippen molar-refractivity contribution in [2.75, 3.05) is 25.4 Å². The van der Waals surface area contributed by atoms with Gasteiger partial charge in [-0.3, -0.25) is 4.79 Å². The molecular formula is C14H30ClN3O3S. The van der Waals surface area contributed by atoms with Crippen molar-refractivity contribution in [3.8, 4) is 0 Å². The molecule has 1 saturated heterocycles. The van der Waals surface area contributed by atoms with Gasteiger partial charge in [-0.1, -0.05) is 13.8 Å². The first-order valence-corrected chi connectivity index (χ1v) is 9.45. The third-order valence-corrected chi connectivity index (χ3v) is 6.60. The molecule has 0 bridgehead atoms. The largest absolute Gasteiger partial charge is 0.349 e. The van der Waals surface area contributed by atoms with Crippen LogP contribution in [0.1, 0.15) is 46.5 Å². The summed E-state index contributed by atoms with van der Waals surface area (Å²) in [4.78, 5) is 12.4. The second-order valence-corrected chi connectivity index (χ2v) is 8.01. The number of sulfonamides is 1. The summed E-state index contributed by atoms with van der Waals surface area (Å²) in [5, 5.41) is 3.08. The van der Waals surface area contributed by atoms with E-state index in [0.29, 0.717) is 32.5 Å². The number of carbonyl (C=O) groups excluding carboxylic acids is 1. The summed E-state index contributed by atoms with van der Waals surface area (Å²) in [5.41, 5.74) is 5.47. The minimum Gasteiger partial charge on any atom is -0.349 e. The summed E-state index contributed by atoms with van der Waals surface area (Å²) in [6, 6.07) is 0. The Labute approximate surface area is 140 Å². The summed E-state index contributed by atoms with van der Waals surface area (Å²) < 4.78 is 25.1. The van der Waals surface area contributed by atoms with Gasteiger partial charge < -0.3 is 11.1 Å². The number of nitrogens with two attached hydrogens (primary N) is 1. The van der Waals surface area contributed by atoms with Crippen molar-refractivity contribution in [2.24, 2.45) is 11.7 Å². The number of amides is 1. The first-order chi connectivity index (χ1) is 9.84. The zero-order chi connectivity index (χ0) is 16.1. The highest BCUT2D eigenvalue weighted by Crippen LogP contribution is 2.22. The molecule has 1 fully saturated rings. The molecule has 3 N–H and O–H groups in total. The normalized spacial score (nSPS) is 17.8. The Bertz CT molecular complexity index is 436. The van der Waals surface area contributed by atoms with Gasteiger partial charge in [-0.25, -0.2) is 12.7 Å². The van der Waals surface area contributed by atoms with Gasteiger partial charge in [0.1, 0.15) is 0 Å². The lowest BCUT2D eigenvalue weighted by atomic mass is 9.90. The highest BCUT2D eigenvalue weighted by atomic mass is 35.5. The van der Waals surface area contributed by atoms with E-state index in [9.17, 15) is 13.2 Å². The van der Waals surface area contributed by atoms with E-state index in [4.69, 9.17) is 5.73 Å². The molecule has 1 aliphatic heterocycles. The second-order valence-electron chi connectivity index (χ2n) is 5.75. The number of hydrogen-bond donors (Lipinski definition) is 2. The number of nitrogens with one attached hydrogen (secondary N) is 1. The van der Waals surface area contributed by atoms with Crippen molar-refractivity contribution >= 4 is 28.3 Å². The van der Waals surface area contributed by atoms with Crippen LogP contribution < -0.4 is 11.1 Å². The first kappa shape index (κ1) is 21.6. The molecule has 0 aliphatic carbocycles. The molecule has 0 unspecified atom stereocenters.